The second-order valence-corrected chi connectivity index (χ2v) is 11.0. The monoisotopic (exact) mass is 522 g/mol. The molecule has 3 aromatic rings. The second kappa shape index (κ2) is 11.7. The van der Waals surface area contributed by atoms with Crippen molar-refractivity contribution in [2.75, 3.05) is 25.1 Å². The normalized spacial score (nSPS) is 13.8. The van der Waals surface area contributed by atoms with Gasteiger partial charge in [0, 0.05) is 6.07 Å². The predicted octanol–water partition coefficient (Wildman–Crippen LogP) is 5.05. The molecule has 4 rings (SSSR count). The van der Waals surface area contributed by atoms with E-state index in [0.717, 1.165) is 22.7 Å². The molecule has 0 fully saturated rings. The van der Waals surface area contributed by atoms with Gasteiger partial charge in [-0.15, -0.1) is 0 Å². The van der Waals surface area contributed by atoms with Crippen LogP contribution in [0.5, 0.6) is 11.5 Å². The van der Waals surface area contributed by atoms with Crippen molar-refractivity contribution in [2.24, 2.45) is 0 Å². The number of hydrogen-bond donors (Lipinski definition) is 1. The summed E-state index contributed by atoms with van der Waals surface area (Å²) in [6.45, 7) is 1.59. The lowest BCUT2D eigenvalue weighted by molar-refractivity contribution is -0.120. The van der Waals surface area contributed by atoms with Crippen LogP contribution in [0.25, 0.3) is 0 Å². The third kappa shape index (κ3) is 5.91. The van der Waals surface area contributed by atoms with Crippen molar-refractivity contribution in [3.63, 3.8) is 0 Å². The van der Waals surface area contributed by atoms with E-state index in [1.807, 2.05) is 6.92 Å². The number of fused-ring (bicyclic) bond motifs is 1. The Morgan fingerprint density at radius 1 is 0.946 bits per heavy atom. The largest absolute Gasteiger partial charge is 0.497 e. The molecule has 0 heterocycles. The van der Waals surface area contributed by atoms with E-state index in [1.165, 1.54) is 50.3 Å². The molecule has 1 N–H and O–H groups in total. The molecule has 37 heavy (non-hydrogen) atoms. The number of nitrogens with zero attached hydrogens (tertiary/aromatic N) is 1. The highest BCUT2D eigenvalue weighted by Gasteiger charge is 2.30. The van der Waals surface area contributed by atoms with Gasteiger partial charge < -0.3 is 14.8 Å². The van der Waals surface area contributed by atoms with Crippen molar-refractivity contribution in [2.45, 2.75) is 50.0 Å². The third-order valence-corrected chi connectivity index (χ3v) is 8.57. The summed E-state index contributed by atoms with van der Waals surface area (Å²) in [5, 5.41) is 3.06. The van der Waals surface area contributed by atoms with Crippen molar-refractivity contribution in [3.8, 4) is 11.5 Å². The third-order valence-electron chi connectivity index (χ3n) is 6.79. The lowest BCUT2D eigenvalue weighted by atomic mass is 9.89. The fraction of sp³-hybridized carbons (Fsp3) is 0.345. The number of carbonyl (C=O) groups excluding carboxylic acids is 1. The average Bonchev–Trinajstić information content (AvgIpc) is 2.94. The van der Waals surface area contributed by atoms with Gasteiger partial charge in [-0.25, -0.2) is 8.42 Å². The van der Waals surface area contributed by atoms with Crippen LogP contribution in [0.3, 0.4) is 0 Å². The van der Waals surface area contributed by atoms with Gasteiger partial charge in [0.05, 0.1) is 30.8 Å². The number of carbonyl (C=O) groups is 1. The number of methoxy groups -OCH3 is 2. The highest BCUT2D eigenvalue weighted by Crippen LogP contribution is 2.35. The quantitative estimate of drug-likeness (QED) is 0.403. The number of sulfonamides is 1. The summed E-state index contributed by atoms with van der Waals surface area (Å²) in [6.07, 6.45) is 5.20. The molecule has 1 atom stereocenters. The summed E-state index contributed by atoms with van der Waals surface area (Å²) in [6, 6.07) is 19.1. The van der Waals surface area contributed by atoms with E-state index in [2.05, 4.69) is 23.5 Å². The molecule has 0 spiro atoms. The Kier molecular flexibility index (Phi) is 8.38. The summed E-state index contributed by atoms with van der Waals surface area (Å²) in [5.41, 5.74) is 3.97. The van der Waals surface area contributed by atoms with E-state index >= 15 is 0 Å². The van der Waals surface area contributed by atoms with Crippen molar-refractivity contribution >= 4 is 21.6 Å². The van der Waals surface area contributed by atoms with Gasteiger partial charge in [-0.3, -0.25) is 9.10 Å². The van der Waals surface area contributed by atoms with Crippen molar-refractivity contribution < 1.29 is 22.7 Å². The molecule has 7 nitrogen and oxygen atoms in total. The zero-order valence-corrected chi connectivity index (χ0v) is 22.4. The van der Waals surface area contributed by atoms with E-state index in [-0.39, 0.29) is 16.6 Å². The van der Waals surface area contributed by atoms with E-state index in [0.29, 0.717) is 17.9 Å². The molecular weight excluding hydrogens is 488 g/mol. The first-order valence-corrected chi connectivity index (χ1v) is 14.0. The molecule has 1 aliphatic carbocycles. The van der Waals surface area contributed by atoms with Crippen LogP contribution >= 0.6 is 0 Å². The van der Waals surface area contributed by atoms with Crippen LogP contribution in [0.2, 0.25) is 0 Å². The predicted molar refractivity (Wildman–Crippen MR) is 145 cm³/mol. The van der Waals surface area contributed by atoms with E-state index in [1.54, 1.807) is 36.4 Å². The number of amides is 1. The van der Waals surface area contributed by atoms with Crippen LogP contribution in [0, 0.1) is 0 Å². The number of nitrogens with one attached hydrogen (secondary N) is 1. The summed E-state index contributed by atoms with van der Waals surface area (Å²) in [5.74, 6) is 0.355. The number of hydrogen-bond acceptors (Lipinski definition) is 5. The Hall–Kier alpha value is -3.52. The minimum Gasteiger partial charge on any atom is -0.497 e. The number of ether oxygens (including phenoxy) is 2. The van der Waals surface area contributed by atoms with Crippen LogP contribution in [-0.2, 0) is 27.7 Å². The second-order valence-electron chi connectivity index (χ2n) is 9.13. The minimum absolute atomic E-state index is 0.0781. The van der Waals surface area contributed by atoms with Gasteiger partial charge in [-0.2, -0.15) is 0 Å². The van der Waals surface area contributed by atoms with Gasteiger partial charge in [0.25, 0.3) is 10.0 Å². The zero-order valence-electron chi connectivity index (χ0n) is 21.6. The maximum absolute atomic E-state index is 13.8. The van der Waals surface area contributed by atoms with Gasteiger partial charge in [0.15, 0.2) is 0 Å². The van der Waals surface area contributed by atoms with Crippen molar-refractivity contribution in [3.05, 3.63) is 83.4 Å². The summed E-state index contributed by atoms with van der Waals surface area (Å²) < 4.78 is 39.4. The Morgan fingerprint density at radius 2 is 1.68 bits per heavy atom. The molecule has 3 aromatic carbocycles. The van der Waals surface area contributed by atoms with Crippen LogP contribution in [-0.4, -0.2) is 35.1 Å². The van der Waals surface area contributed by atoms with Gasteiger partial charge >= 0.3 is 0 Å². The van der Waals surface area contributed by atoms with Crippen LogP contribution in [0.15, 0.2) is 71.6 Å². The van der Waals surface area contributed by atoms with Crippen LogP contribution < -0.4 is 19.1 Å². The molecule has 0 unspecified atom stereocenters. The Bertz CT molecular complexity index is 1340. The van der Waals surface area contributed by atoms with Crippen molar-refractivity contribution in [1.29, 1.82) is 0 Å². The minimum atomic E-state index is -4.09. The van der Waals surface area contributed by atoms with Gasteiger partial charge in [0.1, 0.15) is 18.0 Å². The fourth-order valence-corrected chi connectivity index (χ4v) is 6.22. The van der Waals surface area contributed by atoms with Gasteiger partial charge in [-0.05, 0) is 73.1 Å². The van der Waals surface area contributed by atoms with E-state index in [9.17, 15) is 13.2 Å². The molecule has 196 valence electrons. The molecular formula is C29H34N2O5S. The Balaban J connectivity index is 1.66. The summed E-state index contributed by atoms with van der Waals surface area (Å²) in [7, 11) is -1.13. The zero-order chi connectivity index (χ0) is 26.4. The molecule has 0 bridgehead atoms. The molecule has 1 aliphatic rings. The Labute approximate surface area is 219 Å². The van der Waals surface area contributed by atoms with Gasteiger partial charge in [0.2, 0.25) is 5.91 Å². The Morgan fingerprint density at radius 3 is 2.35 bits per heavy atom. The maximum Gasteiger partial charge on any atom is 0.264 e. The number of benzene rings is 3. The number of rotatable bonds is 10. The topological polar surface area (TPSA) is 84.9 Å². The van der Waals surface area contributed by atoms with Crippen molar-refractivity contribution in [1.82, 2.24) is 5.32 Å². The molecule has 0 saturated carbocycles. The lowest BCUT2D eigenvalue weighted by Crippen LogP contribution is -2.42. The van der Waals surface area contributed by atoms with E-state index < -0.39 is 22.5 Å². The molecule has 0 aromatic heterocycles. The van der Waals surface area contributed by atoms with Crippen LogP contribution in [0.4, 0.5) is 5.69 Å². The highest BCUT2D eigenvalue weighted by molar-refractivity contribution is 7.92. The average molecular weight is 523 g/mol. The highest BCUT2D eigenvalue weighted by atomic mass is 32.2. The number of anilines is 1. The maximum atomic E-state index is 13.8. The summed E-state index contributed by atoms with van der Waals surface area (Å²) in [4.78, 5) is 13.5. The molecule has 0 radical (unpaired) electrons. The number of aryl methyl sites for hydroxylation is 2. The molecule has 1 amide bonds. The first kappa shape index (κ1) is 26.5. The van der Waals surface area contributed by atoms with E-state index in [4.69, 9.17) is 9.47 Å². The van der Waals surface area contributed by atoms with Gasteiger partial charge in [-0.1, -0.05) is 43.3 Å². The first-order valence-electron chi connectivity index (χ1n) is 12.6. The molecule has 0 aliphatic heterocycles. The molecule has 0 saturated heterocycles. The SMILES string of the molecule is CC[C@H](NC(=O)CN(c1cc(OC)ccc1OC)S(=O)(=O)c1ccccc1)c1ccc2c(c1)CCCC2. The summed E-state index contributed by atoms with van der Waals surface area (Å²) >= 11 is 0. The standard InChI is InChI=1S/C29H34N2O5S/c1-4-26(23-15-14-21-10-8-9-11-22(21)18-23)30-29(32)20-31(37(33,34)25-12-6-5-7-13-25)27-19-24(35-2)16-17-28(27)36-3/h5-7,12-19,26H,4,8-11,20H2,1-3H3,(H,30,32)/t26-/m0/s1. The molecule has 8 heteroatoms. The lowest BCUT2D eigenvalue weighted by Gasteiger charge is -2.27. The fourth-order valence-electron chi connectivity index (χ4n) is 4.77. The first-order chi connectivity index (χ1) is 17.9. The smallest absolute Gasteiger partial charge is 0.264 e. The van der Waals surface area contributed by atoms with Crippen LogP contribution in [0.1, 0.15) is 48.9 Å².